The molecule has 0 saturated heterocycles. The number of nitrogens with one attached hydrogen (secondary N) is 1. The first-order valence-electron chi connectivity index (χ1n) is 5.65. The lowest BCUT2D eigenvalue weighted by Gasteiger charge is -2.16. The zero-order valence-corrected chi connectivity index (χ0v) is 11.3. The van der Waals surface area contributed by atoms with Crippen molar-refractivity contribution in [1.82, 2.24) is 5.32 Å². The summed E-state index contributed by atoms with van der Waals surface area (Å²) in [4.78, 5) is 21.9. The largest absolute Gasteiger partial charge is 0.481 e. The van der Waals surface area contributed by atoms with Gasteiger partial charge in [0.05, 0.1) is 17.5 Å². The number of carboxylic acids is 1. The first kappa shape index (κ1) is 14.6. The van der Waals surface area contributed by atoms with Gasteiger partial charge in [-0.3, -0.25) is 9.59 Å². The highest BCUT2D eigenvalue weighted by Crippen LogP contribution is 2.16. The molecule has 0 bridgehead atoms. The minimum atomic E-state index is -0.903. The maximum absolute atomic E-state index is 11.6. The van der Waals surface area contributed by atoms with Gasteiger partial charge in [-0.1, -0.05) is 24.3 Å². The van der Waals surface area contributed by atoms with Crippen LogP contribution in [0.2, 0.25) is 0 Å². The van der Waals surface area contributed by atoms with Crippen molar-refractivity contribution < 1.29 is 14.7 Å². The first-order chi connectivity index (χ1) is 8.50. The third kappa shape index (κ3) is 4.79. The highest BCUT2D eigenvalue weighted by molar-refractivity contribution is 8.00. The average molecular weight is 267 g/mol. The van der Waals surface area contributed by atoms with Crippen molar-refractivity contribution in [1.29, 1.82) is 0 Å². The second-order valence-electron chi connectivity index (χ2n) is 4.03. The number of thioether (sulfide) groups is 1. The van der Waals surface area contributed by atoms with E-state index < -0.39 is 5.97 Å². The smallest absolute Gasteiger partial charge is 0.313 e. The Kier molecular flexibility index (Phi) is 5.71. The lowest BCUT2D eigenvalue weighted by Crippen LogP contribution is -2.28. The van der Waals surface area contributed by atoms with E-state index in [1.165, 1.54) is 0 Å². The Labute approximate surface area is 111 Å². The molecule has 0 heterocycles. The standard InChI is InChI=1S/C13H17NO3S/c1-9-5-3-4-6-11(9)10(2)14-12(15)7-18-8-13(16)17/h3-6,10H,7-8H2,1-2H3,(H,14,15)(H,16,17). The highest BCUT2D eigenvalue weighted by atomic mass is 32.2. The van der Waals surface area contributed by atoms with Crippen molar-refractivity contribution in [2.45, 2.75) is 19.9 Å². The molecule has 0 spiro atoms. The Hall–Kier alpha value is -1.49. The van der Waals surface area contributed by atoms with Crippen molar-refractivity contribution in [2.75, 3.05) is 11.5 Å². The fourth-order valence-electron chi connectivity index (χ4n) is 1.66. The van der Waals surface area contributed by atoms with E-state index in [1.807, 2.05) is 38.1 Å². The Morgan fingerprint density at radius 1 is 1.33 bits per heavy atom. The summed E-state index contributed by atoms with van der Waals surface area (Å²) in [6.07, 6.45) is 0. The molecule has 1 amide bonds. The number of hydrogen-bond acceptors (Lipinski definition) is 3. The van der Waals surface area contributed by atoms with Gasteiger partial charge in [0.15, 0.2) is 0 Å². The molecule has 1 aromatic rings. The van der Waals surface area contributed by atoms with Crippen LogP contribution in [0.3, 0.4) is 0 Å². The highest BCUT2D eigenvalue weighted by Gasteiger charge is 2.11. The summed E-state index contributed by atoms with van der Waals surface area (Å²) in [5.74, 6) is -0.925. The Bertz CT molecular complexity index is 434. The maximum atomic E-state index is 11.6. The number of aryl methyl sites for hydroxylation is 1. The average Bonchev–Trinajstić information content (AvgIpc) is 2.28. The lowest BCUT2D eigenvalue weighted by atomic mass is 10.0. The van der Waals surface area contributed by atoms with Gasteiger partial charge in [-0.25, -0.2) is 0 Å². The summed E-state index contributed by atoms with van der Waals surface area (Å²) in [7, 11) is 0. The normalized spacial score (nSPS) is 11.9. The molecule has 1 unspecified atom stereocenters. The van der Waals surface area contributed by atoms with Crippen LogP contribution in [-0.2, 0) is 9.59 Å². The molecule has 5 heteroatoms. The number of rotatable bonds is 6. The molecule has 1 rings (SSSR count). The number of benzene rings is 1. The van der Waals surface area contributed by atoms with Crippen LogP contribution in [0.5, 0.6) is 0 Å². The van der Waals surface area contributed by atoms with Crippen LogP contribution in [0.1, 0.15) is 24.1 Å². The molecule has 0 aliphatic rings. The summed E-state index contributed by atoms with van der Waals surface area (Å²) in [5.41, 5.74) is 2.21. The molecule has 18 heavy (non-hydrogen) atoms. The minimum Gasteiger partial charge on any atom is -0.481 e. The van der Waals surface area contributed by atoms with E-state index in [-0.39, 0.29) is 23.5 Å². The molecule has 98 valence electrons. The van der Waals surface area contributed by atoms with Crippen LogP contribution < -0.4 is 5.32 Å². The van der Waals surface area contributed by atoms with E-state index >= 15 is 0 Å². The van der Waals surface area contributed by atoms with Crippen LogP contribution in [0.4, 0.5) is 0 Å². The van der Waals surface area contributed by atoms with Gasteiger partial charge < -0.3 is 10.4 Å². The van der Waals surface area contributed by atoms with Crippen molar-refractivity contribution in [3.63, 3.8) is 0 Å². The van der Waals surface area contributed by atoms with Gasteiger partial charge >= 0.3 is 5.97 Å². The zero-order chi connectivity index (χ0) is 13.5. The van der Waals surface area contributed by atoms with Gasteiger partial charge in [-0.15, -0.1) is 11.8 Å². The maximum Gasteiger partial charge on any atom is 0.313 e. The first-order valence-corrected chi connectivity index (χ1v) is 6.80. The molecule has 4 nitrogen and oxygen atoms in total. The molecule has 1 atom stereocenters. The molecular weight excluding hydrogens is 250 g/mol. The third-order valence-electron chi connectivity index (χ3n) is 2.49. The predicted octanol–water partition coefficient (Wildman–Crippen LogP) is 1.99. The van der Waals surface area contributed by atoms with Crippen LogP contribution >= 0.6 is 11.8 Å². The summed E-state index contributed by atoms with van der Waals surface area (Å²) >= 11 is 1.10. The number of aliphatic carboxylic acids is 1. The lowest BCUT2D eigenvalue weighted by molar-refractivity contribution is -0.133. The fraction of sp³-hybridized carbons (Fsp3) is 0.385. The third-order valence-corrected chi connectivity index (χ3v) is 3.41. The number of carbonyl (C=O) groups excluding carboxylic acids is 1. The number of carbonyl (C=O) groups is 2. The van der Waals surface area contributed by atoms with Gasteiger partial charge in [0, 0.05) is 0 Å². The number of carboxylic acid groups (broad SMARTS) is 1. The summed E-state index contributed by atoms with van der Waals surface area (Å²) in [6.45, 7) is 3.92. The van der Waals surface area contributed by atoms with Gasteiger partial charge in [0.25, 0.3) is 0 Å². The van der Waals surface area contributed by atoms with Crippen molar-refractivity contribution >= 4 is 23.6 Å². The van der Waals surface area contributed by atoms with Gasteiger partial charge in [-0.2, -0.15) is 0 Å². The number of hydrogen-bond donors (Lipinski definition) is 2. The topological polar surface area (TPSA) is 66.4 Å². The molecule has 0 aliphatic carbocycles. The molecule has 0 aliphatic heterocycles. The predicted molar refractivity (Wildman–Crippen MR) is 72.7 cm³/mol. The molecule has 0 radical (unpaired) electrons. The van der Waals surface area contributed by atoms with E-state index in [0.29, 0.717) is 0 Å². The van der Waals surface area contributed by atoms with E-state index in [0.717, 1.165) is 22.9 Å². The SMILES string of the molecule is Cc1ccccc1C(C)NC(=O)CSCC(=O)O. The Morgan fingerprint density at radius 2 is 2.00 bits per heavy atom. The number of amides is 1. The van der Waals surface area contributed by atoms with Crippen LogP contribution in [0, 0.1) is 6.92 Å². The van der Waals surface area contributed by atoms with Gasteiger partial charge in [0.1, 0.15) is 0 Å². The molecule has 1 aromatic carbocycles. The van der Waals surface area contributed by atoms with E-state index in [4.69, 9.17) is 5.11 Å². The zero-order valence-electron chi connectivity index (χ0n) is 10.5. The molecular formula is C13H17NO3S. The van der Waals surface area contributed by atoms with Gasteiger partial charge in [0.2, 0.25) is 5.91 Å². The minimum absolute atomic E-state index is 0.0494. The molecule has 0 saturated carbocycles. The summed E-state index contributed by atoms with van der Waals surface area (Å²) in [6, 6.07) is 7.80. The van der Waals surface area contributed by atoms with Crippen LogP contribution in [0.25, 0.3) is 0 Å². The van der Waals surface area contributed by atoms with E-state index in [9.17, 15) is 9.59 Å². The van der Waals surface area contributed by atoms with Crippen molar-refractivity contribution in [2.24, 2.45) is 0 Å². The quantitative estimate of drug-likeness (QED) is 0.827. The van der Waals surface area contributed by atoms with Gasteiger partial charge in [-0.05, 0) is 25.0 Å². The second-order valence-corrected chi connectivity index (χ2v) is 5.02. The Morgan fingerprint density at radius 3 is 2.61 bits per heavy atom. The Balaban J connectivity index is 2.45. The monoisotopic (exact) mass is 267 g/mol. The van der Waals surface area contributed by atoms with Crippen molar-refractivity contribution in [3.05, 3.63) is 35.4 Å². The van der Waals surface area contributed by atoms with E-state index in [2.05, 4.69) is 5.32 Å². The molecule has 2 N–H and O–H groups in total. The fourth-order valence-corrected chi connectivity index (χ4v) is 2.21. The van der Waals surface area contributed by atoms with Crippen LogP contribution in [0.15, 0.2) is 24.3 Å². The summed E-state index contributed by atoms with van der Waals surface area (Å²) < 4.78 is 0. The van der Waals surface area contributed by atoms with Crippen molar-refractivity contribution in [3.8, 4) is 0 Å². The van der Waals surface area contributed by atoms with Crippen LogP contribution in [-0.4, -0.2) is 28.5 Å². The molecule has 0 fully saturated rings. The van der Waals surface area contributed by atoms with E-state index in [1.54, 1.807) is 0 Å². The summed E-state index contributed by atoms with van der Waals surface area (Å²) in [5, 5.41) is 11.3. The molecule has 0 aromatic heterocycles. The second kappa shape index (κ2) is 7.06.